The number of ether oxygens (including phenoxy) is 1. The average Bonchev–Trinajstić information content (AvgIpc) is 2.66. The van der Waals surface area contributed by atoms with Crippen molar-refractivity contribution in [2.75, 3.05) is 17.2 Å². The van der Waals surface area contributed by atoms with Gasteiger partial charge in [0, 0.05) is 10.9 Å². The summed E-state index contributed by atoms with van der Waals surface area (Å²) in [4.78, 5) is 11.6. The van der Waals surface area contributed by atoms with Crippen molar-refractivity contribution < 1.29 is 17.9 Å². The molecule has 0 amide bonds. The van der Waals surface area contributed by atoms with Crippen molar-refractivity contribution in [3.63, 3.8) is 0 Å². The summed E-state index contributed by atoms with van der Waals surface area (Å²) in [6.45, 7) is 0.256. The monoisotopic (exact) mass is 333 g/mol. The first-order valence-corrected chi connectivity index (χ1v) is 7.95. The topological polar surface area (TPSA) is 63.7 Å². The number of halogens is 1. The average molecular weight is 334 g/mol. The van der Waals surface area contributed by atoms with E-state index in [1.165, 1.54) is 0 Å². The van der Waals surface area contributed by atoms with E-state index in [9.17, 15) is 13.2 Å². The lowest BCUT2D eigenvalue weighted by molar-refractivity contribution is -0.138. The van der Waals surface area contributed by atoms with Gasteiger partial charge in [-0.15, -0.1) is 0 Å². The van der Waals surface area contributed by atoms with Gasteiger partial charge in [-0.2, -0.15) is 0 Å². The third kappa shape index (κ3) is 2.67. The minimum atomic E-state index is -3.53. The molecule has 0 saturated carbocycles. The maximum Gasteiger partial charge on any atom is 0.330 e. The van der Waals surface area contributed by atoms with E-state index >= 15 is 0 Å². The van der Waals surface area contributed by atoms with Gasteiger partial charge in [0.1, 0.15) is 6.04 Å². The predicted octanol–water partition coefficient (Wildman–Crippen LogP) is 1.53. The summed E-state index contributed by atoms with van der Waals surface area (Å²) in [5.41, 5.74) is 0.463. The van der Waals surface area contributed by atoms with Gasteiger partial charge in [-0.3, -0.25) is 4.31 Å². The lowest BCUT2D eigenvalue weighted by Crippen LogP contribution is -2.42. The van der Waals surface area contributed by atoms with Crippen LogP contribution in [0.3, 0.4) is 0 Å². The van der Waals surface area contributed by atoms with E-state index in [0.29, 0.717) is 12.1 Å². The highest BCUT2D eigenvalue weighted by Crippen LogP contribution is 2.26. The summed E-state index contributed by atoms with van der Waals surface area (Å²) in [5.74, 6) is -0.497. The Balaban J connectivity index is 2.43. The molecule has 1 aromatic rings. The Bertz CT molecular complexity index is 555. The second kappa shape index (κ2) is 4.89. The minimum Gasteiger partial charge on any atom is -0.464 e. The quantitative estimate of drug-likeness (QED) is 0.787. The Morgan fingerprint density at radius 2 is 1.94 bits per heavy atom. The molecule has 5 nitrogen and oxygen atoms in total. The van der Waals surface area contributed by atoms with Crippen molar-refractivity contribution >= 4 is 37.6 Å². The second-order valence-electron chi connectivity index (χ2n) is 4.01. The summed E-state index contributed by atoms with van der Waals surface area (Å²) >= 11 is 3.28. The number of esters is 1. The summed E-state index contributed by atoms with van der Waals surface area (Å²) in [6.07, 6.45) is 1.46. The van der Waals surface area contributed by atoms with E-state index in [1.807, 2.05) is 0 Å². The first-order valence-electron chi connectivity index (χ1n) is 5.31. The summed E-state index contributed by atoms with van der Waals surface area (Å²) in [5, 5.41) is 0. The normalized spacial score (nSPS) is 19.7. The lowest BCUT2D eigenvalue weighted by atomic mass is 10.2. The van der Waals surface area contributed by atoms with Crippen molar-refractivity contribution in [3.05, 3.63) is 28.7 Å². The highest BCUT2D eigenvalue weighted by atomic mass is 79.9. The van der Waals surface area contributed by atoms with Crippen LogP contribution in [0.1, 0.15) is 6.42 Å². The van der Waals surface area contributed by atoms with Crippen LogP contribution in [0.2, 0.25) is 0 Å². The Morgan fingerprint density at radius 1 is 1.33 bits per heavy atom. The molecule has 18 heavy (non-hydrogen) atoms. The number of sulfonamides is 1. The molecule has 98 valence electrons. The van der Waals surface area contributed by atoms with Crippen molar-refractivity contribution in [1.82, 2.24) is 0 Å². The lowest BCUT2D eigenvalue weighted by Gasteiger charge is -2.26. The van der Waals surface area contributed by atoms with Crippen molar-refractivity contribution in [2.24, 2.45) is 0 Å². The molecule has 0 radical (unpaired) electrons. The molecule has 0 aromatic heterocycles. The van der Waals surface area contributed by atoms with E-state index in [-0.39, 0.29) is 6.61 Å². The predicted molar refractivity (Wildman–Crippen MR) is 70.8 cm³/mol. The molecule has 0 spiro atoms. The van der Waals surface area contributed by atoms with Crippen LogP contribution in [-0.4, -0.2) is 33.3 Å². The van der Waals surface area contributed by atoms with Crippen LogP contribution in [-0.2, 0) is 19.6 Å². The van der Waals surface area contributed by atoms with Gasteiger partial charge < -0.3 is 4.74 Å². The molecule has 7 heteroatoms. The number of anilines is 1. The van der Waals surface area contributed by atoms with Crippen LogP contribution in [0, 0.1) is 0 Å². The molecule has 1 heterocycles. The van der Waals surface area contributed by atoms with Crippen LogP contribution >= 0.6 is 15.9 Å². The molecule has 1 fully saturated rings. The zero-order valence-corrected chi connectivity index (χ0v) is 12.1. The number of carbonyl (C=O) groups excluding carboxylic acids is 1. The van der Waals surface area contributed by atoms with E-state index in [1.54, 1.807) is 24.3 Å². The SMILES string of the molecule is CS(=O)(=O)N(c1ccc(Br)cc1)C1CCOC1=O. The van der Waals surface area contributed by atoms with Crippen LogP contribution in [0.15, 0.2) is 28.7 Å². The van der Waals surface area contributed by atoms with E-state index in [0.717, 1.165) is 15.0 Å². The van der Waals surface area contributed by atoms with Gasteiger partial charge in [-0.05, 0) is 24.3 Å². The van der Waals surface area contributed by atoms with Gasteiger partial charge in [0.15, 0.2) is 0 Å². The molecule has 1 saturated heterocycles. The van der Waals surface area contributed by atoms with Gasteiger partial charge in [0.25, 0.3) is 0 Å². The minimum absolute atomic E-state index is 0.256. The highest BCUT2D eigenvalue weighted by Gasteiger charge is 2.37. The fourth-order valence-electron chi connectivity index (χ4n) is 1.89. The summed E-state index contributed by atoms with van der Waals surface area (Å²) in [6, 6.07) is 6.00. The third-order valence-corrected chi connectivity index (χ3v) is 4.34. The van der Waals surface area contributed by atoms with Gasteiger partial charge in [-0.1, -0.05) is 15.9 Å². The van der Waals surface area contributed by atoms with Gasteiger partial charge in [0.2, 0.25) is 10.0 Å². The largest absolute Gasteiger partial charge is 0.464 e. The Hall–Kier alpha value is -1.08. The molecule has 0 N–H and O–H groups in total. The number of hydrogen-bond acceptors (Lipinski definition) is 4. The van der Waals surface area contributed by atoms with Gasteiger partial charge >= 0.3 is 5.97 Å². The van der Waals surface area contributed by atoms with Crippen LogP contribution < -0.4 is 4.31 Å². The maximum atomic E-state index is 11.9. The van der Waals surface area contributed by atoms with E-state index in [4.69, 9.17) is 4.74 Å². The molecule has 1 aromatic carbocycles. The summed E-state index contributed by atoms with van der Waals surface area (Å²) in [7, 11) is -3.53. The van der Waals surface area contributed by atoms with Crippen LogP contribution in [0.25, 0.3) is 0 Å². The zero-order chi connectivity index (χ0) is 13.3. The number of cyclic esters (lactones) is 1. The standard InChI is InChI=1S/C11H12BrNO4S/c1-18(15,16)13(10-6-7-17-11(10)14)9-4-2-8(12)3-5-9/h2-5,10H,6-7H2,1H3. The number of benzene rings is 1. The molecule has 0 bridgehead atoms. The maximum absolute atomic E-state index is 11.9. The fourth-order valence-corrected chi connectivity index (χ4v) is 3.31. The van der Waals surface area contributed by atoms with E-state index < -0.39 is 22.0 Å². The summed E-state index contributed by atoms with van der Waals surface area (Å²) < 4.78 is 30.5. The molecule has 1 atom stereocenters. The van der Waals surface area contributed by atoms with E-state index in [2.05, 4.69) is 15.9 Å². The first kappa shape index (κ1) is 13.4. The fraction of sp³-hybridized carbons (Fsp3) is 0.364. The van der Waals surface area contributed by atoms with Crippen molar-refractivity contribution in [3.8, 4) is 0 Å². The molecular weight excluding hydrogens is 322 g/mol. The number of rotatable bonds is 3. The Kier molecular flexibility index (Phi) is 3.63. The zero-order valence-electron chi connectivity index (χ0n) is 9.67. The Labute approximate surface area is 114 Å². The smallest absolute Gasteiger partial charge is 0.330 e. The highest BCUT2D eigenvalue weighted by molar-refractivity contribution is 9.10. The molecule has 1 aliphatic rings. The molecule has 0 aliphatic carbocycles. The molecular formula is C11H12BrNO4S. The second-order valence-corrected chi connectivity index (χ2v) is 6.78. The van der Waals surface area contributed by atoms with Crippen LogP contribution in [0.4, 0.5) is 5.69 Å². The first-order chi connectivity index (χ1) is 8.39. The number of carbonyl (C=O) groups is 1. The number of nitrogens with zero attached hydrogens (tertiary/aromatic N) is 1. The third-order valence-electron chi connectivity index (χ3n) is 2.63. The molecule has 2 rings (SSSR count). The molecule has 1 unspecified atom stereocenters. The van der Waals surface area contributed by atoms with Gasteiger partial charge in [-0.25, -0.2) is 13.2 Å². The Morgan fingerprint density at radius 3 is 2.39 bits per heavy atom. The van der Waals surface area contributed by atoms with Gasteiger partial charge in [0.05, 0.1) is 18.6 Å². The number of hydrogen-bond donors (Lipinski definition) is 0. The van der Waals surface area contributed by atoms with Crippen molar-refractivity contribution in [2.45, 2.75) is 12.5 Å². The van der Waals surface area contributed by atoms with Crippen molar-refractivity contribution in [1.29, 1.82) is 0 Å². The van der Waals surface area contributed by atoms with Crippen LogP contribution in [0.5, 0.6) is 0 Å². The molecule has 1 aliphatic heterocycles.